The quantitative estimate of drug-likeness (QED) is 0.480. The largest absolute Gasteiger partial charge is 0.297 e. The van der Waals surface area contributed by atoms with Crippen LogP contribution in [0, 0.1) is 0 Å². The molecule has 0 saturated heterocycles. The Morgan fingerprint density at radius 2 is 2.17 bits per heavy atom. The fourth-order valence-electron chi connectivity index (χ4n) is 0.0257. The minimum atomic E-state index is 0.516. The molecule has 0 aliphatic rings. The number of rotatable bonds is 1. The molecule has 0 rings (SSSR count). The highest BCUT2D eigenvalue weighted by Gasteiger charge is 1.76. The van der Waals surface area contributed by atoms with Crippen molar-refractivity contribution in [3.8, 4) is 0 Å². The molecule has 0 aliphatic carbocycles. The van der Waals surface area contributed by atoms with Gasteiger partial charge in [0.05, 0.1) is 4.48 Å². The lowest BCUT2D eigenvalue weighted by molar-refractivity contribution is -0.104. The predicted octanol–water partition coefficient (Wildman–Crippen LogP) is 1.82. The molecule has 0 heterocycles. The maximum Gasteiger partial charge on any atom is 0.157 e. The SMILES string of the molecule is O=C/C(Br)=C/Br. The number of hydrogen-bond donors (Lipinski definition) is 0. The predicted molar refractivity (Wildman–Crippen MR) is 32.0 cm³/mol. The summed E-state index contributed by atoms with van der Waals surface area (Å²) in [5, 5.41) is 0. The van der Waals surface area contributed by atoms with Gasteiger partial charge in [0, 0.05) is 0 Å². The van der Waals surface area contributed by atoms with Gasteiger partial charge < -0.3 is 0 Å². The van der Waals surface area contributed by atoms with Crippen molar-refractivity contribution in [3.63, 3.8) is 0 Å². The van der Waals surface area contributed by atoms with Gasteiger partial charge in [0.15, 0.2) is 6.29 Å². The standard InChI is InChI=1S/C3H2Br2O/c4-1-3(5)2-6/h1-2H/b3-1-. The molecule has 0 aromatic rings. The normalized spacial score (nSPS) is 11.3. The molecule has 0 radical (unpaired) electrons. The first-order chi connectivity index (χ1) is 2.81. The number of hydrogen-bond acceptors (Lipinski definition) is 1. The molecule has 0 saturated carbocycles. The van der Waals surface area contributed by atoms with Gasteiger partial charge in [0.1, 0.15) is 0 Å². The third-order valence-corrected chi connectivity index (χ3v) is 1.74. The van der Waals surface area contributed by atoms with Gasteiger partial charge in [-0.25, -0.2) is 0 Å². The minimum absolute atomic E-state index is 0.516. The first-order valence-electron chi connectivity index (χ1n) is 1.22. The maximum absolute atomic E-state index is 9.59. The Labute approximate surface area is 52.7 Å². The molecule has 0 aromatic carbocycles. The first kappa shape index (κ1) is 6.37. The number of carbonyl (C=O) groups excluding carboxylic acids is 1. The molecule has 6 heavy (non-hydrogen) atoms. The van der Waals surface area contributed by atoms with Crippen LogP contribution in [0.3, 0.4) is 0 Å². The Hall–Kier alpha value is 0.370. The Morgan fingerprint density at radius 3 is 2.17 bits per heavy atom. The zero-order chi connectivity index (χ0) is 4.99. The molecule has 34 valence electrons. The second-order valence-corrected chi connectivity index (χ2v) is 1.99. The Balaban J connectivity index is 3.50. The third-order valence-electron chi connectivity index (χ3n) is 0.217. The smallest absolute Gasteiger partial charge is 0.157 e. The molecule has 1 nitrogen and oxygen atoms in total. The van der Waals surface area contributed by atoms with Gasteiger partial charge in [-0.3, -0.25) is 4.79 Å². The van der Waals surface area contributed by atoms with Gasteiger partial charge in [-0.05, 0) is 20.9 Å². The van der Waals surface area contributed by atoms with E-state index in [1.165, 1.54) is 4.99 Å². The fraction of sp³-hybridized carbons (Fsp3) is 0. The fourth-order valence-corrected chi connectivity index (χ4v) is 0.134. The molecule has 0 bridgehead atoms. The number of halogens is 2. The van der Waals surface area contributed by atoms with E-state index in [0.717, 1.165) is 0 Å². The van der Waals surface area contributed by atoms with Crippen LogP contribution in [-0.4, -0.2) is 6.29 Å². The van der Waals surface area contributed by atoms with E-state index in [0.29, 0.717) is 10.8 Å². The van der Waals surface area contributed by atoms with Gasteiger partial charge in [-0.15, -0.1) is 0 Å². The summed E-state index contributed by atoms with van der Waals surface area (Å²) in [6.07, 6.45) is 0.703. The summed E-state index contributed by atoms with van der Waals surface area (Å²) < 4.78 is 0.516. The van der Waals surface area contributed by atoms with E-state index in [4.69, 9.17) is 0 Å². The monoisotopic (exact) mass is 212 g/mol. The molecule has 0 aliphatic heterocycles. The highest BCUT2D eigenvalue weighted by atomic mass is 79.9. The van der Waals surface area contributed by atoms with E-state index in [1.807, 2.05) is 0 Å². The summed E-state index contributed by atoms with van der Waals surface area (Å²) in [5.74, 6) is 0. The lowest BCUT2D eigenvalue weighted by atomic mass is 10.7. The summed E-state index contributed by atoms with van der Waals surface area (Å²) in [6, 6.07) is 0. The van der Waals surface area contributed by atoms with Crippen molar-refractivity contribution >= 4 is 38.1 Å². The molecule has 0 N–H and O–H groups in total. The van der Waals surface area contributed by atoms with Crippen LogP contribution in [0.15, 0.2) is 9.47 Å². The van der Waals surface area contributed by atoms with Crippen LogP contribution in [0.4, 0.5) is 0 Å². The van der Waals surface area contributed by atoms with Crippen molar-refractivity contribution in [2.24, 2.45) is 0 Å². The van der Waals surface area contributed by atoms with E-state index >= 15 is 0 Å². The summed E-state index contributed by atoms with van der Waals surface area (Å²) in [5.41, 5.74) is 0. The van der Waals surface area contributed by atoms with Crippen LogP contribution in [0.2, 0.25) is 0 Å². The lowest BCUT2D eigenvalue weighted by Crippen LogP contribution is -1.62. The Bertz CT molecular complexity index is 76.9. The molecule has 0 aromatic heterocycles. The molecule has 0 spiro atoms. The highest BCUT2D eigenvalue weighted by molar-refractivity contribution is 9.14. The zero-order valence-electron chi connectivity index (χ0n) is 2.82. The minimum Gasteiger partial charge on any atom is -0.297 e. The zero-order valence-corrected chi connectivity index (χ0v) is 5.99. The van der Waals surface area contributed by atoms with Gasteiger partial charge in [0.2, 0.25) is 0 Å². The van der Waals surface area contributed by atoms with E-state index in [2.05, 4.69) is 31.9 Å². The molecule has 0 unspecified atom stereocenters. The molecular formula is C3H2Br2O. The average Bonchev–Trinajstić information content (AvgIpc) is 1.65. The van der Waals surface area contributed by atoms with Crippen molar-refractivity contribution in [2.45, 2.75) is 0 Å². The van der Waals surface area contributed by atoms with Crippen molar-refractivity contribution < 1.29 is 4.79 Å². The highest BCUT2D eigenvalue weighted by Crippen LogP contribution is 2.01. The van der Waals surface area contributed by atoms with E-state index < -0.39 is 0 Å². The number of carbonyl (C=O) groups is 1. The topological polar surface area (TPSA) is 17.1 Å². The van der Waals surface area contributed by atoms with E-state index in [1.54, 1.807) is 0 Å². The summed E-state index contributed by atoms with van der Waals surface area (Å²) in [7, 11) is 0. The summed E-state index contributed by atoms with van der Waals surface area (Å²) in [4.78, 5) is 11.1. The molecular weight excluding hydrogens is 212 g/mol. The summed E-state index contributed by atoms with van der Waals surface area (Å²) >= 11 is 5.86. The van der Waals surface area contributed by atoms with E-state index in [-0.39, 0.29) is 0 Å². The molecule has 0 atom stereocenters. The van der Waals surface area contributed by atoms with Gasteiger partial charge >= 0.3 is 0 Å². The van der Waals surface area contributed by atoms with Crippen LogP contribution >= 0.6 is 31.9 Å². The Morgan fingerprint density at radius 1 is 1.67 bits per heavy atom. The van der Waals surface area contributed by atoms with Crippen molar-refractivity contribution in [3.05, 3.63) is 9.47 Å². The Kier molecular flexibility index (Phi) is 3.78. The van der Waals surface area contributed by atoms with Crippen molar-refractivity contribution in [1.82, 2.24) is 0 Å². The van der Waals surface area contributed by atoms with Crippen LogP contribution in [-0.2, 0) is 4.79 Å². The first-order valence-corrected chi connectivity index (χ1v) is 2.93. The average molecular weight is 214 g/mol. The number of aldehydes is 1. The molecule has 0 amide bonds. The van der Waals surface area contributed by atoms with Crippen LogP contribution in [0.1, 0.15) is 0 Å². The maximum atomic E-state index is 9.59. The molecule has 3 heteroatoms. The summed E-state index contributed by atoms with van der Waals surface area (Å²) in [6.45, 7) is 0. The van der Waals surface area contributed by atoms with Gasteiger partial charge in [-0.1, -0.05) is 15.9 Å². The second kappa shape index (κ2) is 3.56. The van der Waals surface area contributed by atoms with Crippen LogP contribution in [0.5, 0.6) is 0 Å². The van der Waals surface area contributed by atoms with Crippen molar-refractivity contribution in [1.29, 1.82) is 0 Å². The number of allylic oxidation sites excluding steroid dienone is 1. The van der Waals surface area contributed by atoms with Gasteiger partial charge in [-0.2, -0.15) is 0 Å². The lowest BCUT2D eigenvalue weighted by Gasteiger charge is -1.69. The van der Waals surface area contributed by atoms with E-state index in [9.17, 15) is 4.79 Å². The van der Waals surface area contributed by atoms with Crippen LogP contribution < -0.4 is 0 Å². The van der Waals surface area contributed by atoms with Crippen LogP contribution in [0.25, 0.3) is 0 Å². The molecule has 0 fully saturated rings. The van der Waals surface area contributed by atoms with Gasteiger partial charge in [0.25, 0.3) is 0 Å². The third kappa shape index (κ3) is 2.60. The van der Waals surface area contributed by atoms with Crippen molar-refractivity contribution in [2.75, 3.05) is 0 Å². The second-order valence-electron chi connectivity index (χ2n) is 0.612.